The number of fused-ring (bicyclic) bond motifs is 1. The number of benzene rings is 4. The Bertz CT molecular complexity index is 1110. The smallest absolute Gasteiger partial charge is 0.0680 e. The summed E-state index contributed by atoms with van der Waals surface area (Å²) in [5.74, 6) is 0. The summed E-state index contributed by atoms with van der Waals surface area (Å²) < 4.78 is 0. The quantitative estimate of drug-likeness (QED) is 0.431. The molecule has 0 saturated heterocycles. The van der Waals surface area contributed by atoms with Crippen LogP contribution in [0.2, 0.25) is 0 Å². The fraction of sp³-hybridized carbons (Fsp3) is 0.214. The summed E-state index contributed by atoms with van der Waals surface area (Å²) in [4.78, 5) is 0. The van der Waals surface area contributed by atoms with Gasteiger partial charge in [0.1, 0.15) is 0 Å². The molecule has 144 valence electrons. The van der Waals surface area contributed by atoms with Crippen LogP contribution in [0.4, 0.5) is 0 Å². The van der Waals surface area contributed by atoms with E-state index < -0.39 is 0 Å². The van der Waals surface area contributed by atoms with Crippen molar-refractivity contribution < 1.29 is 0 Å². The zero-order valence-corrected chi connectivity index (χ0v) is 18.4. The van der Waals surface area contributed by atoms with Crippen LogP contribution < -0.4 is 16.4 Å². The van der Waals surface area contributed by atoms with Gasteiger partial charge in [-0.15, -0.1) is 0 Å². The van der Waals surface area contributed by atoms with Crippen molar-refractivity contribution in [2.75, 3.05) is 0 Å². The van der Waals surface area contributed by atoms with Gasteiger partial charge in [-0.1, -0.05) is 116 Å². The minimum Gasteiger partial charge on any atom is -0.0680 e. The Morgan fingerprint density at radius 3 is 1.41 bits per heavy atom. The van der Waals surface area contributed by atoms with Crippen LogP contribution in [0.25, 0.3) is 10.8 Å². The first kappa shape index (κ1) is 19.5. The Balaban J connectivity index is 2.05. The highest BCUT2D eigenvalue weighted by Crippen LogP contribution is 2.16. The lowest BCUT2D eigenvalue weighted by Crippen LogP contribution is -2.55. The average Bonchev–Trinajstić information content (AvgIpc) is 2.65. The van der Waals surface area contributed by atoms with E-state index >= 15 is 0 Å². The molecule has 1 heteroatoms. The van der Waals surface area contributed by atoms with Gasteiger partial charge in [-0.05, 0) is 52.3 Å². The number of aryl methyl sites for hydroxylation is 6. The molecule has 0 bridgehead atoms. The fourth-order valence-corrected chi connectivity index (χ4v) is 5.16. The van der Waals surface area contributed by atoms with Crippen LogP contribution in [0.3, 0.4) is 0 Å². The third kappa shape index (κ3) is 3.62. The zero-order chi connectivity index (χ0) is 20.7. The first-order valence-electron chi connectivity index (χ1n) is 10.5. The summed E-state index contributed by atoms with van der Waals surface area (Å²) in [6.07, 6.45) is 0. The monoisotopic (exact) mass is 376 g/mol. The van der Waals surface area contributed by atoms with Gasteiger partial charge in [0.2, 0.25) is 6.71 Å². The molecule has 0 radical (unpaired) electrons. The summed E-state index contributed by atoms with van der Waals surface area (Å²) >= 11 is 0. The van der Waals surface area contributed by atoms with E-state index in [1.54, 1.807) is 0 Å². The summed E-state index contributed by atoms with van der Waals surface area (Å²) in [6, 6.07) is 25.0. The molecule has 0 heterocycles. The molecule has 0 amide bonds. The predicted octanol–water partition coefficient (Wildman–Crippen LogP) is 5.21. The highest BCUT2D eigenvalue weighted by molar-refractivity contribution is 6.96. The molecule has 0 nitrogen and oxygen atoms in total. The maximum atomic E-state index is 2.39. The lowest BCUT2D eigenvalue weighted by atomic mass is 9.34. The topological polar surface area (TPSA) is 0 Å². The van der Waals surface area contributed by atoms with Gasteiger partial charge in [0.05, 0.1) is 0 Å². The van der Waals surface area contributed by atoms with Gasteiger partial charge in [0, 0.05) is 0 Å². The average molecular weight is 376 g/mol. The van der Waals surface area contributed by atoms with E-state index in [1.165, 1.54) is 60.5 Å². The largest absolute Gasteiger partial charge is 0.242 e. The van der Waals surface area contributed by atoms with Crippen LogP contribution in [0.15, 0.2) is 66.7 Å². The minimum absolute atomic E-state index is 0.237. The Hall–Kier alpha value is -2.80. The summed E-state index contributed by atoms with van der Waals surface area (Å²) in [7, 11) is 0. The first-order chi connectivity index (χ1) is 13.8. The molecule has 0 aliphatic rings. The van der Waals surface area contributed by atoms with Crippen LogP contribution in [0.1, 0.15) is 33.4 Å². The van der Waals surface area contributed by atoms with E-state index in [0.717, 1.165) is 0 Å². The van der Waals surface area contributed by atoms with E-state index in [-0.39, 0.29) is 6.71 Å². The second-order valence-electron chi connectivity index (χ2n) is 8.66. The molecule has 0 fully saturated rings. The van der Waals surface area contributed by atoms with Crippen LogP contribution in [-0.4, -0.2) is 6.71 Å². The van der Waals surface area contributed by atoms with E-state index in [1.807, 2.05) is 0 Å². The van der Waals surface area contributed by atoms with Gasteiger partial charge in [0.25, 0.3) is 0 Å². The van der Waals surface area contributed by atoms with Crippen LogP contribution in [0, 0.1) is 41.5 Å². The predicted molar refractivity (Wildman–Crippen MR) is 130 cm³/mol. The van der Waals surface area contributed by atoms with E-state index in [0.29, 0.717) is 0 Å². The molecular weight excluding hydrogens is 347 g/mol. The van der Waals surface area contributed by atoms with E-state index in [4.69, 9.17) is 0 Å². The summed E-state index contributed by atoms with van der Waals surface area (Å²) in [5.41, 5.74) is 12.4. The van der Waals surface area contributed by atoms with E-state index in [2.05, 4.69) is 108 Å². The van der Waals surface area contributed by atoms with Crippen LogP contribution >= 0.6 is 0 Å². The van der Waals surface area contributed by atoms with Crippen molar-refractivity contribution >= 4 is 33.9 Å². The van der Waals surface area contributed by atoms with Crippen molar-refractivity contribution in [3.8, 4) is 0 Å². The zero-order valence-electron chi connectivity index (χ0n) is 18.4. The molecule has 0 spiro atoms. The molecular formula is C28H29B. The highest BCUT2D eigenvalue weighted by Gasteiger charge is 2.28. The molecule has 0 unspecified atom stereocenters. The summed E-state index contributed by atoms with van der Waals surface area (Å²) in [6.45, 7) is 13.7. The fourth-order valence-electron chi connectivity index (χ4n) is 5.16. The SMILES string of the molecule is Cc1cc(C)c(B(c2ccc3ccccc3c2)c2c(C)cc(C)cc2C)c(C)c1. The molecule has 0 N–H and O–H groups in total. The van der Waals surface area contributed by atoms with Gasteiger partial charge in [-0.3, -0.25) is 0 Å². The molecule has 0 saturated carbocycles. The Morgan fingerprint density at radius 1 is 0.483 bits per heavy atom. The second kappa shape index (κ2) is 7.56. The van der Waals surface area contributed by atoms with Gasteiger partial charge in [-0.2, -0.15) is 0 Å². The lowest BCUT2D eigenvalue weighted by molar-refractivity contribution is 1.34. The van der Waals surface area contributed by atoms with Crippen LogP contribution in [-0.2, 0) is 0 Å². The molecule has 0 aromatic heterocycles. The van der Waals surface area contributed by atoms with Crippen molar-refractivity contribution in [3.63, 3.8) is 0 Å². The van der Waals surface area contributed by atoms with Crippen molar-refractivity contribution in [1.82, 2.24) is 0 Å². The van der Waals surface area contributed by atoms with Gasteiger partial charge in [-0.25, -0.2) is 0 Å². The third-order valence-corrected chi connectivity index (χ3v) is 6.16. The molecule has 0 aliphatic carbocycles. The third-order valence-electron chi connectivity index (χ3n) is 6.16. The maximum Gasteiger partial charge on any atom is 0.242 e. The highest BCUT2D eigenvalue weighted by atomic mass is 14.1. The molecule has 29 heavy (non-hydrogen) atoms. The standard InChI is InChI=1S/C28H29B/c1-18-13-20(3)27(21(4)14-18)29(28-22(5)15-19(2)16-23(28)6)26-12-11-24-9-7-8-10-25(24)17-26/h7-17H,1-6H3. The Labute approximate surface area is 175 Å². The van der Waals surface area contributed by atoms with E-state index in [9.17, 15) is 0 Å². The van der Waals surface area contributed by atoms with Gasteiger partial charge < -0.3 is 0 Å². The van der Waals surface area contributed by atoms with Crippen molar-refractivity contribution in [1.29, 1.82) is 0 Å². The molecule has 4 aromatic rings. The molecule has 4 aromatic carbocycles. The second-order valence-corrected chi connectivity index (χ2v) is 8.66. The first-order valence-corrected chi connectivity index (χ1v) is 10.5. The lowest BCUT2D eigenvalue weighted by Gasteiger charge is -2.25. The Kier molecular flexibility index (Phi) is 5.09. The van der Waals surface area contributed by atoms with Gasteiger partial charge in [0.15, 0.2) is 0 Å². The van der Waals surface area contributed by atoms with Crippen LogP contribution in [0.5, 0.6) is 0 Å². The number of rotatable bonds is 3. The normalized spacial score (nSPS) is 11.1. The summed E-state index contributed by atoms with van der Waals surface area (Å²) in [5, 5.41) is 2.60. The van der Waals surface area contributed by atoms with Crippen molar-refractivity contribution in [3.05, 3.63) is 100 Å². The van der Waals surface area contributed by atoms with Crippen molar-refractivity contribution in [2.45, 2.75) is 41.5 Å². The van der Waals surface area contributed by atoms with Gasteiger partial charge >= 0.3 is 0 Å². The Morgan fingerprint density at radius 2 is 0.931 bits per heavy atom. The number of hydrogen-bond acceptors (Lipinski definition) is 0. The number of hydrogen-bond donors (Lipinski definition) is 0. The molecule has 4 rings (SSSR count). The maximum absolute atomic E-state index is 2.39. The molecule has 0 aliphatic heterocycles. The van der Waals surface area contributed by atoms with Crippen molar-refractivity contribution in [2.24, 2.45) is 0 Å². The minimum atomic E-state index is 0.237. The molecule has 0 atom stereocenters.